The average molecular weight is 293 g/mol. The topological polar surface area (TPSA) is 67.6 Å². The Morgan fingerprint density at radius 2 is 2.24 bits per heavy atom. The molecule has 0 spiro atoms. The Morgan fingerprint density at radius 3 is 2.95 bits per heavy atom. The molecular weight excluding hydrogens is 270 g/mol. The first-order chi connectivity index (χ1) is 10.2. The number of hydrogen-bond acceptors (Lipinski definition) is 4. The lowest BCUT2D eigenvalue weighted by molar-refractivity contribution is -0.0668. The van der Waals surface area contributed by atoms with E-state index in [4.69, 9.17) is 4.74 Å². The maximum Gasteiger partial charge on any atom is 0.274 e. The van der Waals surface area contributed by atoms with Crippen molar-refractivity contribution in [3.63, 3.8) is 0 Å². The SMILES string of the molecule is CC1COC(CO)CN1C(=O)c1ccn(C2CCCC2)n1. The molecule has 3 rings (SSSR count). The first-order valence-corrected chi connectivity index (χ1v) is 7.77. The van der Waals surface area contributed by atoms with E-state index in [1.807, 2.05) is 17.8 Å². The Hall–Kier alpha value is -1.40. The Balaban J connectivity index is 1.71. The van der Waals surface area contributed by atoms with Crippen molar-refractivity contribution in [3.8, 4) is 0 Å². The molecule has 2 fully saturated rings. The van der Waals surface area contributed by atoms with Crippen molar-refractivity contribution >= 4 is 5.91 Å². The van der Waals surface area contributed by atoms with Crippen LogP contribution in [0, 0.1) is 0 Å². The average Bonchev–Trinajstić information content (AvgIpc) is 3.18. The van der Waals surface area contributed by atoms with E-state index in [0.717, 1.165) is 12.8 Å². The van der Waals surface area contributed by atoms with Crippen molar-refractivity contribution in [2.24, 2.45) is 0 Å². The highest BCUT2D eigenvalue weighted by molar-refractivity contribution is 5.92. The van der Waals surface area contributed by atoms with Gasteiger partial charge in [0.15, 0.2) is 0 Å². The van der Waals surface area contributed by atoms with Crippen LogP contribution in [0.2, 0.25) is 0 Å². The fraction of sp³-hybridized carbons (Fsp3) is 0.733. The van der Waals surface area contributed by atoms with Gasteiger partial charge in [0, 0.05) is 12.7 Å². The molecule has 6 nitrogen and oxygen atoms in total. The monoisotopic (exact) mass is 293 g/mol. The van der Waals surface area contributed by atoms with E-state index in [0.29, 0.717) is 24.9 Å². The fourth-order valence-corrected chi connectivity index (χ4v) is 3.18. The molecule has 1 aliphatic carbocycles. The van der Waals surface area contributed by atoms with Gasteiger partial charge in [-0.15, -0.1) is 0 Å². The predicted molar refractivity (Wildman–Crippen MR) is 77.1 cm³/mol. The Morgan fingerprint density at radius 1 is 1.48 bits per heavy atom. The largest absolute Gasteiger partial charge is 0.394 e. The molecule has 1 saturated heterocycles. The van der Waals surface area contributed by atoms with Crippen molar-refractivity contribution in [2.75, 3.05) is 19.8 Å². The number of aliphatic hydroxyl groups is 1. The molecule has 0 bridgehead atoms. The summed E-state index contributed by atoms with van der Waals surface area (Å²) < 4.78 is 7.41. The third-order valence-corrected chi connectivity index (χ3v) is 4.50. The first kappa shape index (κ1) is 14.5. The number of carbonyl (C=O) groups excluding carboxylic acids is 1. The van der Waals surface area contributed by atoms with Gasteiger partial charge in [0.2, 0.25) is 0 Å². The lowest BCUT2D eigenvalue weighted by atomic mass is 10.2. The number of aromatic nitrogens is 2. The molecule has 2 aliphatic rings. The smallest absolute Gasteiger partial charge is 0.274 e. The molecule has 116 valence electrons. The number of nitrogens with zero attached hydrogens (tertiary/aromatic N) is 3. The highest BCUT2D eigenvalue weighted by atomic mass is 16.5. The van der Waals surface area contributed by atoms with Gasteiger partial charge in [0.1, 0.15) is 5.69 Å². The van der Waals surface area contributed by atoms with Gasteiger partial charge in [-0.1, -0.05) is 12.8 Å². The van der Waals surface area contributed by atoms with Crippen molar-refractivity contribution in [2.45, 2.75) is 50.8 Å². The predicted octanol–water partition coefficient (Wildman–Crippen LogP) is 1.22. The second-order valence-electron chi connectivity index (χ2n) is 6.06. The van der Waals surface area contributed by atoms with Gasteiger partial charge in [-0.25, -0.2) is 0 Å². The fourth-order valence-electron chi connectivity index (χ4n) is 3.18. The summed E-state index contributed by atoms with van der Waals surface area (Å²) in [7, 11) is 0. The lowest BCUT2D eigenvalue weighted by Gasteiger charge is -2.37. The number of morpholine rings is 1. The zero-order valence-electron chi connectivity index (χ0n) is 12.4. The number of amides is 1. The van der Waals surface area contributed by atoms with E-state index in [1.54, 1.807) is 11.0 Å². The zero-order valence-corrected chi connectivity index (χ0v) is 12.4. The van der Waals surface area contributed by atoms with Gasteiger partial charge in [-0.2, -0.15) is 5.10 Å². The molecule has 1 amide bonds. The number of carbonyl (C=O) groups is 1. The Bertz CT molecular complexity index is 496. The van der Waals surface area contributed by atoms with E-state index < -0.39 is 0 Å². The Kier molecular flexibility index (Phi) is 4.26. The summed E-state index contributed by atoms with van der Waals surface area (Å²) in [6, 6.07) is 2.26. The van der Waals surface area contributed by atoms with Gasteiger partial charge >= 0.3 is 0 Å². The van der Waals surface area contributed by atoms with Crippen molar-refractivity contribution in [3.05, 3.63) is 18.0 Å². The molecule has 2 unspecified atom stereocenters. The van der Waals surface area contributed by atoms with E-state index >= 15 is 0 Å². The number of rotatable bonds is 3. The van der Waals surface area contributed by atoms with Crippen LogP contribution in [-0.4, -0.2) is 57.6 Å². The number of ether oxygens (including phenoxy) is 1. The van der Waals surface area contributed by atoms with Crippen LogP contribution in [0.3, 0.4) is 0 Å². The van der Waals surface area contributed by atoms with Gasteiger partial charge < -0.3 is 14.7 Å². The van der Waals surface area contributed by atoms with Gasteiger partial charge in [-0.3, -0.25) is 9.48 Å². The highest BCUT2D eigenvalue weighted by Crippen LogP contribution is 2.28. The minimum Gasteiger partial charge on any atom is -0.394 e. The molecule has 1 aromatic heterocycles. The second kappa shape index (κ2) is 6.15. The molecule has 1 N–H and O–H groups in total. The van der Waals surface area contributed by atoms with E-state index in [-0.39, 0.29) is 24.7 Å². The summed E-state index contributed by atoms with van der Waals surface area (Å²) >= 11 is 0. The van der Waals surface area contributed by atoms with Crippen LogP contribution in [0.4, 0.5) is 0 Å². The summed E-state index contributed by atoms with van der Waals surface area (Å²) in [6.07, 6.45) is 6.41. The molecule has 1 aliphatic heterocycles. The van der Waals surface area contributed by atoms with Crippen LogP contribution in [-0.2, 0) is 4.74 Å². The molecule has 6 heteroatoms. The van der Waals surface area contributed by atoms with Crippen molar-refractivity contribution in [1.82, 2.24) is 14.7 Å². The van der Waals surface area contributed by atoms with Crippen molar-refractivity contribution < 1.29 is 14.6 Å². The quantitative estimate of drug-likeness (QED) is 0.910. The van der Waals surface area contributed by atoms with Crippen LogP contribution in [0.1, 0.15) is 49.1 Å². The van der Waals surface area contributed by atoms with Gasteiger partial charge in [0.05, 0.1) is 31.4 Å². The minimum atomic E-state index is -0.290. The maximum absolute atomic E-state index is 12.6. The molecule has 21 heavy (non-hydrogen) atoms. The zero-order chi connectivity index (χ0) is 14.8. The van der Waals surface area contributed by atoms with E-state index in [2.05, 4.69) is 5.10 Å². The number of aliphatic hydroxyl groups excluding tert-OH is 1. The van der Waals surface area contributed by atoms with Crippen molar-refractivity contribution in [1.29, 1.82) is 0 Å². The molecule has 1 saturated carbocycles. The van der Waals surface area contributed by atoms with Gasteiger partial charge in [-0.05, 0) is 25.8 Å². The molecule has 1 aromatic rings. The second-order valence-corrected chi connectivity index (χ2v) is 6.06. The van der Waals surface area contributed by atoms with Crippen LogP contribution in [0.5, 0.6) is 0 Å². The van der Waals surface area contributed by atoms with Crippen LogP contribution >= 0.6 is 0 Å². The minimum absolute atomic E-state index is 0.0110. The number of hydrogen-bond donors (Lipinski definition) is 1. The molecular formula is C15H23N3O3. The van der Waals surface area contributed by atoms with Crippen LogP contribution < -0.4 is 0 Å². The summed E-state index contributed by atoms with van der Waals surface area (Å²) in [5.41, 5.74) is 0.493. The van der Waals surface area contributed by atoms with Gasteiger partial charge in [0.25, 0.3) is 5.91 Å². The molecule has 2 atom stereocenters. The van der Waals surface area contributed by atoms with E-state index in [9.17, 15) is 9.90 Å². The summed E-state index contributed by atoms with van der Waals surface area (Å²) in [5.74, 6) is -0.0685. The lowest BCUT2D eigenvalue weighted by Crippen LogP contribution is -2.52. The third kappa shape index (κ3) is 2.96. The van der Waals surface area contributed by atoms with Crippen LogP contribution in [0.15, 0.2) is 12.3 Å². The molecule has 2 heterocycles. The third-order valence-electron chi connectivity index (χ3n) is 4.50. The van der Waals surface area contributed by atoms with E-state index in [1.165, 1.54) is 12.8 Å². The highest BCUT2D eigenvalue weighted by Gasteiger charge is 2.31. The van der Waals surface area contributed by atoms with Crippen LogP contribution in [0.25, 0.3) is 0 Å². The summed E-state index contributed by atoms with van der Waals surface area (Å²) in [5, 5.41) is 13.7. The summed E-state index contributed by atoms with van der Waals surface area (Å²) in [6.45, 7) is 2.78. The first-order valence-electron chi connectivity index (χ1n) is 7.77. The Labute approximate surface area is 124 Å². The normalized spacial score (nSPS) is 27.2. The summed E-state index contributed by atoms with van der Waals surface area (Å²) in [4.78, 5) is 14.4. The molecule has 0 radical (unpaired) electrons. The maximum atomic E-state index is 12.6. The standard InChI is InChI=1S/C15H23N3O3/c1-11-10-21-13(9-19)8-17(11)15(20)14-6-7-18(16-14)12-4-2-3-5-12/h6-7,11-13,19H,2-5,8-10H2,1H3. The molecule has 0 aromatic carbocycles.